The van der Waals surface area contributed by atoms with Crippen LogP contribution in [0.4, 0.5) is 0 Å². The van der Waals surface area contributed by atoms with Crippen molar-refractivity contribution in [2.45, 2.75) is 12.1 Å². The zero-order valence-electron chi connectivity index (χ0n) is 8.18. The molecule has 1 aromatic carbocycles. The number of ether oxygens (including phenoxy) is 1. The molecule has 1 aromatic rings. The van der Waals surface area contributed by atoms with E-state index in [4.69, 9.17) is 17.3 Å². The summed E-state index contributed by atoms with van der Waals surface area (Å²) in [6.07, 6.45) is -1.16. The van der Waals surface area contributed by atoms with Crippen LogP contribution in [-0.2, 0) is 9.53 Å². The molecule has 0 amide bonds. The molecule has 0 spiro atoms. The molecule has 3 N–H and O–H groups in total. The van der Waals surface area contributed by atoms with E-state index in [1.165, 1.54) is 7.11 Å². The molecule has 5 heteroatoms. The maximum atomic E-state index is 11.1. The molecule has 0 aliphatic rings. The molecule has 0 fully saturated rings. The van der Waals surface area contributed by atoms with Gasteiger partial charge >= 0.3 is 5.97 Å². The Bertz CT molecular complexity index is 356. The summed E-state index contributed by atoms with van der Waals surface area (Å²) in [6, 6.07) is 5.52. The van der Waals surface area contributed by atoms with Crippen molar-refractivity contribution in [3.63, 3.8) is 0 Å². The summed E-state index contributed by atoms with van der Waals surface area (Å²) in [5, 5.41) is 10.1. The van der Waals surface area contributed by atoms with Gasteiger partial charge in [0.25, 0.3) is 0 Å². The second kappa shape index (κ2) is 5.11. The maximum absolute atomic E-state index is 11.1. The smallest absolute Gasteiger partial charge is 0.325 e. The van der Waals surface area contributed by atoms with E-state index in [2.05, 4.69) is 4.74 Å². The second-order valence-corrected chi connectivity index (χ2v) is 3.42. The average molecular weight is 230 g/mol. The molecule has 15 heavy (non-hydrogen) atoms. The predicted molar refractivity (Wildman–Crippen MR) is 56.4 cm³/mol. The summed E-state index contributed by atoms with van der Waals surface area (Å²) < 4.78 is 4.43. The topological polar surface area (TPSA) is 72.5 Å². The summed E-state index contributed by atoms with van der Waals surface area (Å²) >= 11 is 5.84. The number of esters is 1. The molecule has 1 rings (SSSR count). The highest BCUT2D eigenvalue weighted by Crippen LogP contribution is 2.24. The highest BCUT2D eigenvalue weighted by atomic mass is 35.5. The summed E-state index contributed by atoms with van der Waals surface area (Å²) in [5.74, 6) is -0.678. The highest BCUT2D eigenvalue weighted by molar-refractivity contribution is 6.31. The van der Waals surface area contributed by atoms with Crippen LogP contribution in [0.2, 0.25) is 5.02 Å². The van der Waals surface area contributed by atoms with E-state index >= 15 is 0 Å². The van der Waals surface area contributed by atoms with E-state index in [-0.39, 0.29) is 0 Å². The van der Waals surface area contributed by atoms with Gasteiger partial charge in [0, 0.05) is 10.6 Å². The maximum Gasteiger partial charge on any atom is 0.325 e. The molecular formula is C10H12ClNO3. The molecule has 0 aliphatic heterocycles. The quantitative estimate of drug-likeness (QED) is 0.755. The summed E-state index contributed by atoms with van der Waals surface area (Å²) in [5.41, 5.74) is 5.90. The third kappa shape index (κ3) is 2.68. The van der Waals surface area contributed by atoms with Crippen molar-refractivity contribution in [1.29, 1.82) is 0 Å². The van der Waals surface area contributed by atoms with E-state index < -0.39 is 18.1 Å². The Morgan fingerprint density at radius 1 is 1.53 bits per heavy atom. The number of hydrogen-bond donors (Lipinski definition) is 2. The molecule has 2 unspecified atom stereocenters. The van der Waals surface area contributed by atoms with Crippen molar-refractivity contribution in [3.8, 4) is 0 Å². The van der Waals surface area contributed by atoms with Crippen LogP contribution in [0.3, 0.4) is 0 Å². The first-order valence-electron chi connectivity index (χ1n) is 4.34. The molecule has 0 bridgehead atoms. The Labute approximate surface area is 92.6 Å². The molecule has 0 saturated heterocycles. The standard InChI is InChI=1S/C10H12ClNO3/c1-15-10(14)8(12)9(13)6-4-2-3-5-7(6)11/h2-5,8-9,13H,12H2,1H3. The molecule has 0 radical (unpaired) electrons. The van der Waals surface area contributed by atoms with Crippen LogP contribution < -0.4 is 5.73 Å². The Balaban J connectivity index is 2.89. The van der Waals surface area contributed by atoms with Gasteiger partial charge in [-0.05, 0) is 6.07 Å². The lowest BCUT2D eigenvalue weighted by Gasteiger charge is -2.17. The molecule has 4 nitrogen and oxygen atoms in total. The molecule has 2 atom stereocenters. The molecule has 0 aliphatic carbocycles. The average Bonchev–Trinajstić information content (AvgIpc) is 2.26. The summed E-state index contributed by atoms with van der Waals surface area (Å²) in [6.45, 7) is 0. The first-order chi connectivity index (χ1) is 7.07. The fourth-order valence-corrected chi connectivity index (χ4v) is 1.42. The molecule has 0 heterocycles. The van der Waals surface area contributed by atoms with Crippen molar-refractivity contribution in [2.24, 2.45) is 5.73 Å². The zero-order valence-corrected chi connectivity index (χ0v) is 8.94. The van der Waals surface area contributed by atoms with Gasteiger partial charge in [-0.25, -0.2) is 0 Å². The monoisotopic (exact) mass is 229 g/mol. The van der Waals surface area contributed by atoms with Gasteiger partial charge < -0.3 is 15.6 Å². The summed E-state index contributed by atoms with van der Waals surface area (Å²) in [7, 11) is 1.21. The van der Waals surface area contributed by atoms with Crippen LogP contribution in [0.15, 0.2) is 24.3 Å². The third-order valence-corrected chi connectivity index (χ3v) is 2.38. The number of rotatable bonds is 3. The first kappa shape index (κ1) is 12.0. The minimum atomic E-state index is -1.16. The van der Waals surface area contributed by atoms with E-state index in [0.717, 1.165) is 0 Å². The van der Waals surface area contributed by atoms with Crippen molar-refractivity contribution < 1.29 is 14.6 Å². The van der Waals surface area contributed by atoms with Gasteiger partial charge in [-0.1, -0.05) is 29.8 Å². The Morgan fingerprint density at radius 3 is 2.67 bits per heavy atom. The number of carbonyl (C=O) groups excluding carboxylic acids is 1. The largest absolute Gasteiger partial charge is 0.468 e. The normalized spacial score (nSPS) is 14.4. The van der Waals surface area contributed by atoms with Gasteiger partial charge in [0.2, 0.25) is 0 Å². The van der Waals surface area contributed by atoms with Crippen molar-refractivity contribution in [1.82, 2.24) is 0 Å². The minimum Gasteiger partial charge on any atom is -0.468 e. The Hall–Kier alpha value is -1.10. The number of hydrogen-bond acceptors (Lipinski definition) is 4. The second-order valence-electron chi connectivity index (χ2n) is 3.02. The molecule has 82 valence electrons. The molecule has 0 aromatic heterocycles. The van der Waals surface area contributed by atoms with E-state index in [0.29, 0.717) is 10.6 Å². The van der Waals surface area contributed by atoms with Crippen molar-refractivity contribution >= 4 is 17.6 Å². The van der Waals surface area contributed by atoms with Crippen molar-refractivity contribution in [3.05, 3.63) is 34.9 Å². The van der Waals surface area contributed by atoms with Crippen LogP contribution in [0, 0.1) is 0 Å². The van der Waals surface area contributed by atoms with Crippen LogP contribution in [0.1, 0.15) is 11.7 Å². The van der Waals surface area contributed by atoms with E-state index in [9.17, 15) is 9.90 Å². The zero-order chi connectivity index (χ0) is 11.4. The number of aliphatic hydroxyl groups excluding tert-OH is 1. The summed E-state index contributed by atoms with van der Waals surface area (Å²) in [4.78, 5) is 11.1. The number of benzene rings is 1. The van der Waals surface area contributed by atoms with Crippen molar-refractivity contribution in [2.75, 3.05) is 7.11 Å². The highest BCUT2D eigenvalue weighted by Gasteiger charge is 2.26. The lowest BCUT2D eigenvalue weighted by atomic mass is 10.0. The lowest BCUT2D eigenvalue weighted by molar-refractivity contribution is -0.145. The predicted octanol–water partition coefficient (Wildman–Crippen LogP) is 0.874. The van der Waals surface area contributed by atoms with Crippen LogP contribution >= 0.6 is 11.6 Å². The lowest BCUT2D eigenvalue weighted by Crippen LogP contribution is -2.37. The van der Waals surface area contributed by atoms with Crippen LogP contribution in [0.5, 0.6) is 0 Å². The molecular weight excluding hydrogens is 218 g/mol. The third-order valence-electron chi connectivity index (χ3n) is 2.04. The van der Waals surface area contributed by atoms with Gasteiger partial charge in [0.05, 0.1) is 7.11 Å². The Kier molecular flexibility index (Phi) is 4.08. The fraction of sp³-hybridized carbons (Fsp3) is 0.300. The fourth-order valence-electron chi connectivity index (χ4n) is 1.17. The number of methoxy groups -OCH3 is 1. The first-order valence-corrected chi connectivity index (χ1v) is 4.71. The van der Waals surface area contributed by atoms with Crippen LogP contribution in [-0.4, -0.2) is 24.2 Å². The van der Waals surface area contributed by atoms with E-state index in [1.807, 2.05) is 0 Å². The van der Waals surface area contributed by atoms with Crippen LogP contribution in [0.25, 0.3) is 0 Å². The molecule has 0 saturated carbocycles. The van der Waals surface area contributed by atoms with Gasteiger partial charge in [0.15, 0.2) is 0 Å². The minimum absolute atomic E-state index is 0.365. The Morgan fingerprint density at radius 2 is 2.13 bits per heavy atom. The van der Waals surface area contributed by atoms with E-state index in [1.54, 1.807) is 24.3 Å². The SMILES string of the molecule is COC(=O)C(N)C(O)c1ccccc1Cl. The number of aliphatic hydroxyl groups is 1. The number of halogens is 1. The van der Waals surface area contributed by atoms with Gasteiger partial charge in [-0.2, -0.15) is 0 Å². The van der Waals surface area contributed by atoms with Gasteiger partial charge in [-0.3, -0.25) is 4.79 Å². The van der Waals surface area contributed by atoms with Gasteiger partial charge in [0.1, 0.15) is 12.1 Å². The number of nitrogens with two attached hydrogens (primary N) is 1. The number of carbonyl (C=O) groups is 1. The van der Waals surface area contributed by atoms with Gasteiger partial charge in [-0.15, -0.1) is 0 Å².